The first kappa shape index (κ1) is 9.60. The molecule has 0 atom stereocenters. The summed E-state index contributed by atoms with van der Waals surface area (Å²) in [6, 6.07) is -1.89. The van der Waals surface area contributed by atoms with Gasteiger partial charge in [0, 0.05) is 8.17 Å². The van der Waals surface area contributed by atoms with Crippen molar-refractivity contribution in [3.05, 3.63) is 20.2 Å². The average Bonchev–Trinajstić information content (AvgIpc) is 1.87. The molecule has 0 spiro atoms. The van der Waals surface area contributed by atoms with Crippen LogP contribution in [0.2, 0.25) is 0 Å². The van der Waals surface area contributed by atoms with Crippen molar-refractivity contribution in [3.63, 3.8) is 0 Å². The molecule has 0 unspecified atom stereocenters. The molecule has 9 heavy (non-hydrogen) atoms. The fourth-order valence-electron chi connectivity index (χ4n) is 0.138. The molecule has 52 valence electrons. The molecule has 0 amide bonds. The number of ether oxygens (including phenoxy) is 1. The maximum atomic E-state index is 11.9. The Kier molecular flexibility index (Phi) is 5.75. The van der Waals surface area contributed by atoms with Crippen LogP contribution in [0.25, 0.3) is 0 Å². The summed E-state index contributed by atoms with van der Waals surface area (Å²) in [4.78, 5) is 0. The minimum absolute atomic E-state index is 0.944. The van der Waals surface area contributed by atoms with Gasteiger partial charge >= 0.3 is 0 Å². The highest BCUT2D eigenvalue weighted by Gasteiger charge is 1.96. The zero-order chi connectivity index (χ0) is 7.28. The van der Waals surface area contributed by atoms with Crippen molar-refractivity contribution in [3.8, 4) is 0 Å². The maximum absolute atomic E-state index is 11.9. The van der Waals surface area contributed by atoms with E-state index >= 15 is 0 Å². The van der Waals surface area contributed by atoms with Gasteiger partial charge in [0.05, 0.1) is 0 Å². The highest BCUT2D eigenvalue weighted by atomic mass is 127. The maximum Gasteiger partial charge on any atom is 0.286 e. The van der Waals surface area contributed by atoms with Crippen molar-refractivity contribution >= 4 is 45.2 Å². The quantitative estimate of drug-likeness (QED) is 0.543. The van der Waals surface area contributed by atoms with Crippen LogP contribution in [0.4, 0.5) is 8.78 Å². The van der Waals surface area contributed by atoms with Gasteiger partial charge in [-0.25, -0.2) is 0 Å². The van der Waals surface area contributed by atoms with Gasteiger partial charge in [-0.2, -0.15) is 8.78 Å². The van der Waals surface area contributed by atoms with E-state index in [9.17, 15) is 8.78 Å². The molecule has 0 aliphatic heterocycles. The first-order valence-corrected chi connectivity index (χ1v) is 4.29. The molecule has 0 aliphatic carbocycles. The third-order valence-corrected chi connectivity index (χ3v) is 1.35. The minimum atomic E-state index is -0.944. The van der Waals surface area contributed by atoms with Crippen molar-refractivity contribution < 1.29 is 13.5 Å². The second-order valence-electron chi connectivity index (χ2n) is 0.929. The fraction of sp³-hybridized carbons (Fsp3) is 0. The van der Waals surface area contributed by atoms with Gasteiger partial charge in [0.25, 0.3) is 12.0 Å². The largest absolute Gasteiger partial charge is 0.403 e. The first-order valence-electron chi connectivity index (χ1n) is 1.80. The molecule has 0 bridgehead atoms. The Hall–Kier alpha value is 0.600. The van der Waals surface area contributed by atoms with Gasteiger partial charge in [-0.1, -0.05) is 0 Å². The van der Waals surface area contributed by atoms with Gasteiger partial charge in [-0.3, -0.25) is 0 Å². The first-order chi connectivity index (χ1) is 4.20. The van der Waals surface area contributed by atoms with Crippen LogP contribution in [-0.2, 0) is 4.74 Å². The van der Waals surface area contributed by atoms with Gasteiger partial charge in [0.1, 0.15) is 0 Å². The van der Waals surface area contributed by atoms with Crippen molar-refractivity contribution in [1.82, 2.24) is 0 Å². The molecule has 0 aromatic carbocycles. The SMILES string of the molecule is FC(=CI)OC(F)=CI. The third kappa shape index (κ3) is 5.07. The Bertz CT molecular complexity index is 128. The standard InChI is InChI=1S/C4H2F2I2O/c5-3(1-7)9-4(6)2-8/h1-2H. The molecule has 1 nitrogen and oxygen atoms in total. The Balaban J connectivity index is 3.75. The molecule has 0 aromatic rings. The van der Waals surface area contributed by atoms with Gasteiger partial charge in [-0.05, 0) is 45.2 Å². The van der Waals surface area contributed by atoms with E-state index in [-0.39, 0.29) is 0 Å². The van der Waals surface area contributed by atoms with Crippen molar-refractivity contribution in [1.29, 1.82) is 0 Å². The number of halogens is 4. The lowest BCUT2D eigenvalue weighted by molar-refractivity contribution is 0.158. The van der Waals surface area contributed by atoms with Crippen LogP contribution in [-0.4, -0.2) is 0 Å². The Morgan fingerprint density at radius 2 is 1.44 bits per heavy atom. The van der Waals surface area contributed by atoms with E-state index < -0.39 is 12.0 Å². The van der Waals surface area contributed by atoms with Crippen molar-refractivity contribution in [2.75, 3.05) is 0 Å². The summed E-state index contributed by atoms with van der Waals surface area (Å²) in [5, 5.41) is 0. The lowest BCUT2D eigenvalue weighted by Gasteiger charge is -1.93. The third-order valence-electron chi connectivity index (χ3n) is 0.367. The summed E-state index contributed by atoms with van der Waals surface area (Å²) < 4.78 is 29.8. The monoisotopic (exact) mass is 358 g/mol. The smallest absolute Gasteiger partial charge is 0.286 e. The summed E-state index contributed by atoms with van der Waals surface area (Å²) in [5.41, 5.74) is 0. The van der Waals surface area contributed by atoms with Crippen LogP contribution in [0.3, 0.4) is 0 Å². The number of rotatable bonds is 2. The molecular formula is C4H2F2I2O. The molecule has 0 N–H and O–H groups in total. The van der Waals surface area contributed by atoms with Crippen LogP contribution in [0.15, 0.2) is 20.2 Å². The average molecular weight is 358 g/mol. The molecule has 0 fully saturated rings. The molecule has 0 heterocycles. The molecule has 0 saturated heterocycles. The Morgan fingerprint density at radius 3 is 1.67 bits per heavy atom. The predicted octanol–water partition coefficient (Wildman–Crippen LogP) is 3.41. The van der Waals surface area contributed by atoms with E-state index in [1.165, 1.54) is 0 Å². The Morgan fingerprint density at radius 1 is 1.11 bits per heavy atom. The van der Waals surface area contributed by atoms with Gasteiger partial charge < -0.3 is 4.74 Å². The van der Waals surface area contributed by atoms with Crippen molar-refractivity contribution in [2.45, 2.75) is 0 Å². The van der Waals surface area contributed by atoms with E-state index in [0.29, 0.717) is 0 Å². The molecule has 0 radical (unpaired) electrons. The molecule has 0 aliphatic rings. The second kappa shape index (κ2) is 5.39. The lowest BCUT2D eigenvalue weighted by Crippen LogP contribution is -1.78. The highest BCUT2D eigenvalue weighted by Crippen LogP contribution is 2.11. The van der Waals surface area contributed by atoms with Crippen LogP contribution in [0.1, 0.15) is 0 Å². The summed E-state index contributed by atoms with van der Waals surface area (Å²) in [6.07, 6.45) is 0. The normalized spacial score (nSPS) is 13.8. The minimum Gasteiger partial charge on any atom is -0.403 e. The topological polar surface area (TPSA) is 9.23 Å². The van der Waals surface area contributed by atoms with Crippen LogP contribution in [0.5, 0.6) is 0 Å². The summed E-state index contributed by atoms with van der Waals surface area (Å²) >= 11 is 3.21. The fourth-order valence-corrected chi connectivity index (χ4v) is 0.392. The molecule has 0 saturated carbocycles. The predicted molar refractivity (Wildman–Crippen MR) is 47.5 cm³/mol. The molecule has 0 rings (SSSR count). The number of hydrogen-bond acceptors (Lipinski definition) is 1. The molecule has 0 aromatic heterocycles. The van der Waals surface area contributed by atoms with Crippen LogP contribution in [0, 0.1) is 0 Å². The van der Waals surface area contributed by atoms with Crippen LogP contribution >= 0.6 is 45.2 Å². The zero-order valence-electron chi connectivity index (χ0n) is 4.07. The lowest BCUT2D eigenvalue weighted by atomic mass is 11.0. The molecule has 5 heteroatoms. The second-order valence-corrected chi connectivity index (χ2v) is 2.17. The van der Waals surface area contributed by atoms with Crippen LogP contribution < -0.4 is 0 Å². The summed E-state index contributed by atoms with van der Waals surface area (Å²) in [7, 11) is 0. The van der Waals surface area contributed by atoms with Crippen molar-refractivity contribution in [2.24, 2.45) is 0 Å². The summed E-state index contributed by atoms with van der Waals surface area (Å²) in [6.45, 7) is 0. The summed E-state index contributed by atoms with van der Waals surface area (Å²) in [5.74, 6) is 0. The zero-order valence-corrected chi connectivity index (χ0v) is 8.39. The van der Waals surface area contributed by atoms with E-state index in [1.54, 1.807) is 45.2 Å². The highest BCUT2D eigenvalue weighted by molar-refractivity contribution is 14.1. The Labute approximate surface area is 78.4 Å². The van der Waals surface area contributed by atoms with E-state index in [4.69, 9.17) is 0 Å². The molecular weight excluding hydrogens is 356 g/mol. The van der Waals surface area contributed by atoms with E-state index in [2.05, 4.69) is 4.74 Å². The number of hydrogen-bond donors (Lipinski definition) is 0. The van der Waals surface area contributed by atoms with E-state index in [0.717, 1.165) is 8.17 Å². The van der Waals surface area contributed by atoms with E-state index in [1.807, 2.05) is 0 Å². The van der Waals surface area contributed by atoms with Gasteiger partial charge in [0.15, 0.2) is 0 Å². The van der Waals surface area contributed by atoms with Gasteiger partial charge in [-0.15, -0.1) is 0 Å². The van der Waals surface area contributed by atoms with Gasteiger partial charge in [0.2, 0.25) is 0 Å².